The molecule has 0 bridgehead atoms. The Bertz CT molecular complexity index is 218. The highest BCUT2D eigenvalue weighted by atomic mass is 16.1. The molecule has 0 amide bonds. The van der Waals surface area contributed by atoms with Crippen molar-refractivity contribution in [1.82, 2.24) is 0 Å². The van der Waals surface area contributed by atoms with E-state index in [1.165, 1.54) is 31.4 Å². The molecule has 0 radical (unpaired) electrons. The van der Waals surface area contributed by atoms with Crippen LogP contribution < -0.4 is 0 Å². The van der Waals surface area contributed by atoms with Crippen LogP contribution >= 0.6 is 0 Å². The average molecular weight is 254 g/mol. The SMILES string of the molecule is C=C/C(C)=C(\C=C)CC.CC.CC(C)=O.CCC. The first kappa shape index (κ1) is 25.7. The van der Waals surface area contributed by atoms with Crippen molar-refractivity contribution in [3.63, 3.8) is 0 Å². The summed E-state index contributed by atoms with van der Waals surface area (Å²) in [6, 6.07) is 0. The Morgan fingerprint density at radius 2 is 1.22 bits per heavy atom. The monoisotopic (exact) mass is 254 g/mol. The molecule has 0 fully saturated rings. The van der Waals surface area contributed by atoms with Crippen molar-refractivity contribution in [3.05, 3.63) is 36.5 Å². The molecule has 108 valence electrons. The van der Waals surface area contributed by atoms with Crippen LogP contribution in [0.4, 0.5) is 0 Å². The van der Waals surface area contributed by atoms with Crippen molar-refractivity contribution in [2.24, 2.45) is 0 Å². The smallest absolute Gasteiger partial charge is 0.126 e. The molecule has 0 N–H and O–H groups in total. The van der Waals surface area contributed by atoms with E-state index in [-0.39, 0.29) is 5.78 Å². The zero-order valence-electron chi connectivity index (χ0n) is 13.9. The van der Waals surface area contributed by atoms with Gasteiger partial charge in [0.15, 0.2) is 0 Å². The molecule has 0 atom stereocenters. The number of carbonyl (C=O) groups excluding carboxylic acids is 1. The Labute approximate surface area is 116 Å². The number of hydrogen-bond donors (Lipinski definition) is 0. The van der Waals surface area contributed by atoms with E-state index in [2.05, 4.69) is 33.9 Å². The lowest BCUT2D eigenvalue weighted by atomic mass is 10.1. The molecular weight excluding hydrogens is 220 g/mol. The summed E-state index contributed by atoms with van der Waals surface area (Å²) in [5, 5.41) is 0. The third-order valence-corrected chi connectivity index (χ3v) is 1.44. The van der Waals surface area contributed by atoms with E-state index in [9.17, 15) is 4.79 Å². The van der Waals surface area contributed by atoms with Gasteiger partial charge in [-0.15, -0.1) is 0 Å². The third-order valence-electron chi connectivity index (χ3n) is 1.44. The number of Topliss-reactive ketones (excluding diaryl/α,β-unsaturated/α-hetero) is 1. The van der Waals surface area contributed by atoms with Crippen molar-refractivity contribution < 1.29 is 4.79 Å². The van der Waals surface area contributed by atoms with Gasteiger partial charge in [-0.3, -0.25) is 0 Å². The standard InChI is InChI=1S/C9H14.C3H6O.C3H8.C2H6/c1-5-8(4)9(6-2)7-3;1-3(2)4;1-3-2;1-2/h5-6H,1-2,7H2,3-4H3;1-2H3;3H2,1-2H3;1-2H3/b9-8+;;;. The van der Waals surface area contributed by atoms with E-state index in [0.29, 0.717) is 0 Å². The fourth-order valence-electron chi connectivity index (χ4n) is 0.715. The van der Waals surface area contributed by atoms with Crippen LogP contribution in [0.1, 0.15) is 68.2 Å². The maximum absolute atomic E-state index is 9.44. The minimum Gasteiger partial charge on any atom is -0.300 e. The summed E-state index contributed by atoms with van der Waals surface area (Å²) < 4.78 is 0. The van der Waals surface area contributed by atoms with E-state index in [4.69, 9.17) is 0 Å². The van der Waals surface area contributed by atoms with Gasteiger partial charge in [0.2, 0.25) is 0 Å². The van der Waals surface area contributed by atoms with E-state index >= 15 is 0 Å². The van der Waals surface area contributed by atoms with Crippen LogP contribution in [-0.2, 0) is 4.79 Å². The Kier molecular flexibility index (Phi) is 35.5. The fourth-order valence-corrected chi connectivity index (χ4v) is 0.715. The van der Waals surface area contributed by atoms with Gasteiger partial charge in [0.05, 0.1) is 0 Å². The summed E-state index contributed by atoms with van der Waals surface area (Å²) in [6.45, 7) is 22.8. The van der Waals surface area contributed by atoms with E-state index in [0.717, 1.165) is 6.42 Å². The summed E-state index contributed by atoms with van der Waals surface area (Å²) in [5.41, 5.74) is 2.51. The molecule has 18 heavy (non-hydrogen) atoms. The van der Waals surface area contributed by atoms with Gasteiger partial charge in [0.1, 0.15) is 5.78 Å². The molecule has 1 nitrogen and oxygen atoms in total. The molecular formula is C17H34O. The Morgan fingerprint density at radius 3 is 1.28 bits per heavy atom. The van der Waals surface area contributed by atoms with Gasteiger partial charge in [-0.05, 0) is 38.3 Å². The molecule has 0 aromatic rings. The third kappa shape index (κ3) is 36.3. The maximum Gasteiger partial charge on any atom is 0.126 e. The van der Waals surface area contributed by atoms with Gasteiger partial charge < -0.3 is 4.79 Å². The zero-order valence-corrected chi connectivity index (χ0v) is 13.9. The zero-order chi connectivity index (χ0) is 15.6. The number of allylic oxidation sites excluding steroid dienone is 4. The van der Waals surface area contributed by atoms with Gasteiger partial charge in [0.25, 0.3) is 0 Å². The van der Waals surface area contributed by atoms with Gasteiger partial charge in [-0.2, -0.15) is 0 Å². The first-order chi connectivity index (χ1) is 8.40. The molecule has 0 aromatic carbocycles. The van der Waals surface area contributed by atoms with Crippen LogP contribution in [-0.4, -0.2) is 5.78 Å². The molecule has 0 aliphatic rings. The highest BCUT2D eigenvalue weighted by molar-refractivity contribution is 5.72. The number of hydrogen-bond acceptors (Lipinski definition) is 1. The molecule has 0 rings (SSSR count). The molecule has 0 heterocycles. The number of rotatable bonds is 3. The van der Waals surface area contributed by atoms with Crippen LogP contribution in [0.15, 0.2) is 36.5 Å². The van der Waals surface area contributed by atoms with Gasteiger partial charge in [0, 0.05) is 0 Å². The normalized spacial score (nSPS) is 8.89. The Hall–Kier alpha value is -1.11. The number of ketones is 1. The second kappa shape index (κ2) is 24.9. The molecule has 0 saturated heterocycles. The Morgan fingerprint density at radius 1 is 0.944 bits per heavy atom. The molecule has 0 aliphatic heterocycles. The second-order valence-electron chi connectivity index (χ2n) is 3.59. The summed E-state index contributed by atoms with van der Waals surface area (Å²) in [4.78, 5) is 9.44. The first-order valence-electron chi connectivity index (χ1n) is 6.82. The van der Waals surface area contributed by atoms with Crippen molar-refractivity contribution in [3.8, 4) is 0 Å². The highest BCUT2D eigenvalue weighted by Crippen LogP contribution is 2.08. The lowest BCUT2D eigenvalue weighted by Crippen LogP contribution is -1.77. The largest absolute Gasteiger partial charge is 0.300 e. The molecule has 0 spiro atoms. The highest BCUT2D eigenvalue weighted by Gasteiger charge is 1.88. The average Bonchev–Trinajstić information content (AvgIpc) is 2.33. The molecule has 0 aromatic heterocycles. The summed E-state index contributed by atoms with van der Waals surface area (Å²) in [7, 11) is 0. The quantitative estimate of drug-likeness (QED) is 0.554. The van der Waals surface area contributed by atoms with Crippen LogP contribution in [0, 0.1) is 0 Å². The van der Waals surface area contributed by atoms with Crippen LogP contribution in [0.2, 0.25) is 0 Å². The summed E-state index contributed by atoms with van der Waals surface area (Å²) >= 11 is 0. The van der Waals surface area contributed by atoms with Gasteiger partial charge in [-0.25, -0.2) is 0 Å². The minimum atomic E-state index is 0.167. The van der Waals surface area contributed by atoms with Crippen molar-refractivity contribution >= 4 is 5.78 Å². The van der Waals surface area contributed by atoms with Gasteiger partial charge >= 0.3 is 0 Å². The first-order valence-corrected chi connectivity index (χ1v) is 6.82. The lowest BCUT2D eigenvalue weighted by molar-refractivity contribution is -0.114. The second-order valence-corrected chi connectivity index (χ2v) is 3.59. The minimum absolute atomic E-state index is 0.167. The topological polar surface area (TPSA) is 17.1 Å². The molecule has 0 aliphatic carbocycles. The Balaban J connectivity index is -0.0000000909. The predicted octanol–water partition coefficient (Wildman–Crippen LogP) is 6.12. The fraction of sp³-hybridized carbons (Fsp3) is 0.588. The molecule has 0 saturated carbocycles. The van der Waals surface area contributed by atoms with E-state index in [1.807, 2.05) is 32.9 Å². The predicted molar refractivity (Wildman–Crippen MR) is 87.1 cm³/mol. The van der Waals surface area contributed by atoms with Crippen LogP contribution in [0.3, 0.4) is 0 Å². The maximum atomic E-state index is 9.44. The summed E-state index contributed by atoms with van der Waals surface area (Å²) in [5.74, 6) is 0.167. The van der Waals surface area contributed by atoms with Crippen molar-refractivity contribution in [1.29, 1.82) is 0 Å². The van der Waals surface area contributed by atoms with Gasteiger partial charge in [-0.1, -0.05) is 66.3 Å². The van der Waals surface area contributed by atoms with Crippen LogP contribution in [0.25, 0.3) is 0 Å². The van der Waals surface area contributed by atoms with E-state index < -0.39 is 0 Å². The van der Waals surface area contributed by atoms with E-state index in [1.54, 1.807) is 0 Å². The van der Waals surface area contributed by atoms with Crippen molar-refractivity contribution in [2.45, 2.75) is 68.2 Å². The molecule has 0 unspecified atom stereocenters. The van der Waals surface area contributed by atoms with Crippen molar-refractivity contribution in [2.75, 3.05) is 0 Å². The lowest BCUT2D eigenvalue weighted by Gasteiger charge is -1.98. The molecule has 1 heteroatoms. The number of carbonyl (C=O) groups is 1. The summed E-state index contributed by atoms with van der Waals surface area (Å²) in [6.07, 6.45) is 6.04. The van der Waals surface area contributed by atoms with Crippen LogP contribution in [0.5, 0.6) is 0 Å².